The number of benzene rings is 1. The monoisotopic (exact) mass is 298 g/mol. The first-order chi connectivity index (χ1) is 9.35. The molecule has 20 heavy (non-hydrogen) atoms. The number of carboxylic acid groups (broad SMARTS) is 1. The molecule has 5 heteroatoms. The molecule has 0 aromatic heterocycles. The maximum atomic E-state index is 12.2. The molecule has 2 atom stereocenters. The highest BCUT2D eigenvalue weighted by atomic mass is 32.2. The third kappa shape index (κ3) is 5.43. The van der Waals surface area contributed by atoms with E-state index in [-0.39, 0.29) is 12.0 Å². The molecule has 0 saturated heterocycles. The van der Waals surface area contributed by atoms with E-state index in [9.17, 15) is 14.1 Å². The Morgan fingerprint density at radius 3 is 2.45 bits per heavy atom. The Kier molecular flexibility index (Phi) is 6.36. The van der Waals surface area contributed by atoms with Gasteiger partial charge in [-0.3, -0.25) is 9.00 Å². The van der Waals surface area contributed by atoms with Gasteiger partial charge in [0.05, 0.1) is 5.60 Å². The van der Waals surface area contributed by atoms with Gasteiger partial charge < -0.3 is 9.84 Å². The van der Waals surface area contributed by atoms with Gasteiger partial charge in [-0.15, -0.1) is 0 Å². The van der Waals surface area contributed by atoms with E-state index in [4.69, 9.17) is 4.74 Å². The molecule has 1 aromatic rings. The van der Waals surface area contributed by atoms with Gasteiger partial charge in [-0.05, 0) is 32.3 Å². The third-order valence-corrected chi connectivity index (χ3v) is 4.92. The second kappa shape index (κ2) is 7.55. The van der Waals surface area contributed by atoms with E-state index in [1.54, 1.807) is 7.11 Å². The standard InChI is InChI=1S/C15H22O4S/c1-15(2,19-3)9-10-20(18)13(14(16)17)11-12-7-5-4-6-8-12/h4-8,13H,9-11H2,1-3H3,(H,16,17). The molecule has 112 valence electrons. The van der Waals surface area contributed by atoms with Gasteiger partial charge in [0.25, 0.3) is 0 Å². The van der Waals surface area contributed by atoms with Crippen LogP contribution >= 0.6 is 0 Å². The number of methoxy groups -OCH3 is 1. The predicted octanol–water partition coefficient (Wildman–Crippen LogP) is 2.25. The molecular formula is C15H22O4S. The summed E-state index contributed by atoms with van der Waals surface area (Å²) in [6, 6.07) is 9.28. The smallest absolute Gasteiger partial charge is 0.319 e. The largest absolute Gasteiger partial charge is 0.480 e. The minimum absolute atomic E-state index is 0.288. The van der Waals surface area contributed by atoms with Gasteiger partial charge in [-0.2, -0.15) is 0 Å². The van der Waals surface area contributed by atoms with Crippen molar-refractivity contribution in [1.82, 2.24) is 0 Å². The van der Waals surface area contributed by atoms with Crippen molar-refractivity contribution in [3.63, 3.8) is 0 Å². The molecule has 0 fully saturated rings. The van der Waals surface area contributed by atoms with E-state index in [0.29, 0.717) is 12.2 Å². The van der Waals surface area contributed by atoms with E-state index in [0.717, 1.165) is 5.56 Å². The molecular weight excluding hydrogens is 276 g/mol. The van der Waals surface area contributed by atoms with Crippen LogP contribution in [0.15, 0.2) is 30.3 Å². The number of aliphatic carboxylic acids is 1. The second-order valence-electron chi connectivity index (χ2n) is 5.32. The Labute approximate surface area is 122 Å². The summed E-state index contributed by atoms with van der Waals surface area (Å²) in [6.45, 7) is 3.80. The molecule has 0 spiro atoms. The van der Waals surface area contributed by atoms with Crippen LogP contribution in [0.1, 0.15) is 25.8 Å². The molecule has 0 amide bonds. The first kappa shape index (κ1) is 16.9. The highest BCUT2D eigenvalue weighted by Gasteiger charge is 2.27. The first-order valence-electron chi connectivity index (χ1n) is 6.55. The van der Waals surface area contributed by atoms with E-state index in [2.05, 4.69) is 0 Å². The SMILES string of the molecule is COC(C)(C)CCS(=O)C(Cc1ccccc1)C(=O)O. The van der Waals surface area contributed by atoms with Crippen LogP contribution in [0.25, 0.3) is 0 Å². The average molecular weight is 298 g/mol. The van der Waals surface area contributed by atoms with Gasteiger partial charge >= 0.3 is 5.97 Å². The Bertz CT molecular complexity index is 456. The fraction of sp³-hybridized carbons (Fsp3) is 0.533. The number of ether oxygens (including phenoxy) is 1. The molecule has 0 radical (unpaired) electrons. The van der Waals surface area contributed by atoms with Gasteiger partial charge in [0.1, 0.15) is 5.25 Å². The van der Waals surface area contributed by atoms with Gasteiger partial charge in [-0.25, -0.2) is 0 Å². The highest BCUT2D eigenvalue weighted by Crippen LogP contribution is 2.16. The Morgan fingerprint density at radius 2 is 1.95 bits per heavy atom. The molecule has 1 rings (SSSR count). The quantitative estimate of drug-likeness (QED) is 0.799. The lowest BCUT2D eigenvalue weighted by Crippen LogP contribution is -2.32. The molecule has 1 aromatic carbocycles. The van der Waals surface area contributed by atoms with Crippen LogP contribution in [-0.2, 0) is 26.8 Å². The van der Waals surface area contributed by atoms with E-state index >= 15 is 0 Å². The van der Waals surface area contributed by atoms with Gasteiger partial charge in [-0.1, -0.05) is 30.3 Å². The fourth-order valence-electron chi connectivity index (χ4n) is 1.71. The lowest BCUT2D eigenvalue weighted by Gasteiger charge is -2.23. The number of rotatable bonds is 8. The maximum absolute atomic E-state index is 12.2. The van der Waals surface area contributed by atoms with Gasteiger partial charge in [0, 0.05) is 23.7 Å². The summed E-state index contributed by atoms with van der Waals surface area (Å²) in [7, 11) is 0.183. The molecule has 0 saturated carbocycles. The summed E-state index contributed by atoms with van der Waals surface area (Å²) in [4.78, 5) is 11.3. The average Bonchev–Trinajstić information content (AvgIpc) is 2.43. The minimum Gasteiger partial charge on any atom is -0.480 e. The van der Waals surface area contributed by atoms with E-state index < -0.39 is 22.0 Å². The van der Waals surface area contributed by atoms with Crippen LogP contribution in [0.3, 0.4) is 0 Å². The predicted molar refractivity (Wildman–Crippen MR) is 80.3 cm³/mol. The van der Waals surface area contributed by atoms with E-state index in [1.807, 2.05) is 44.2 Å². The molecule has 0 aliphatic rings. The molecule has 0 bridgehead atoms. The van der Waals surface area contributed by atoms with Crippen molar-refractivity contribution in [2.75, 3.05) is 12.9 Å². The van der Waals surface area contributed by atoms with Crippen molar-refractivity contribution in [3.05, 3.63) is 35.9 Å². The molecule has 0 aliphatic carbocycles. The van der Waals surface area contributed by atoms with Gasteiger partial charge in [0.2, 0.25) is 0 Å². The van der Waals surface area contributed by atoms with Crippen LogP contribution < -0.4 is 0 Å². The van der Waals surface area contributed by atoms with Crippen molar-refractivity contribution in [2.24, 2.45) is 0 Å². The zero-order valence-electron chi connectivity index (χ0n) is 12.2. The Morgan fingerprint density at radius 1 is 1.35 bits per heavy atom. The van der Waals surface area contributed by atoms with Crippen molar-refractivity contribution in [3.8, 4) is 0 Å². The number of carboxylic acids is 1. The van der Waals surface area contributed by atoms with Crippen LogP contribution in [-0.4, -0.2) is 39.0 Å². The molecule has 2 unspecified atom stereocenters. The summed E-state index contributed by atoms with van der Waals surface area (Å²) in [6.07, 6.45) is 0.852. The summed E-state index contributed by atoms with van der Waals surface area (Å²) >= 11 is 0. The fourth-order valence-corrected chi connectivity index (χ4v) is 3.29. The summed E-state index contributed by atoms with van der Waals surface area (Å²) in [5.74, 6) is -0.688. The Balaban J connectivity index is 2.67. The van der Waals surface area contributed by atoms with Crippen molar-refractivity contribution >= 4 is 16.8 Å². The maximum Gasteiger partial charge on any atom is 0.319 e. The molecule has 0 aliphatic heterocycles. The summed E-state index contributed by atoms with van der Waals surface area (Å²) in [5, 5.41) is 8.40. The highest BCUT2D eigenvalue weighted by molar-refractivity contribution is 7.86. The van der Waals surface area contributed by atoms with Crippen LogP contribution in [0, 0.1) is 0 Å². The molecule has 4 nitrogen and oxygen atoms in total. The summed E-state index contributed by atoms with van der Waals surface area (Å²) < 4.78 is 17.5. The van der Waals surface area contributed by atoms with Crippen molar-refractivity contribution in [2.45, 2.75) is 37.5 Å². The van der Waals surface area contributed by atoms with Gasteiger partial charge in [0.15, 0.2) is 0 Å². The van der Waals surface area contributed by atoms with Crippen LogP contribution in [0.2, 0.25) is 0 Å². The number of hydrogen-bond acceptors (Lipinski definition) is 3. The van der Waals surface area contributed by atoms with Crippen molar-refractivity contribution in [1.29, 1.82) is 0 Å². The summed E-state index contributed by atoms with van der Waals surface area (Å²) in [5.41, 5.74) is 0.505. The number of carbonyl (C=O) groups is 1. The van der Waals surface area contributed by atoms with Crippen LogP contribution in [0.4, 0.5) is 0 Å². The van der Waals surface area contributed by atoms with E-state index in [1.165, 1.54) is 0 Å². The zero-order chi connectivity index (χ0) is 15.2. The topological polar surface area (TPSA) is 63.6 Å². The lowest BCUT2D eigenvalue weighted by molar-refractivity contribution is -0.136. The normalized spacial score (nSPS) is 14.8. The number of hydrogen-bond donors (Lipinski definition) is 1. The van der Waals surface area contributed by atoms with Crippen LogP contribution in [0.5, 0.6) is 0 Å². The first-order valence-corrected chi connectivity index (χ1v) is 7.93. The second-order valence-corrected chi connectivity index (χ2v) is 7.05. The minimum atomic E-state index is -1.42. The molecule has 0 heterocycles. The Hall–Kier alpha value is -1.20. The van der Waals surface area contributed by atoms with Crippen molar-refractivity contribution < 1.29 is 18.8 Å². The zero-order valence-corrected chi connectivity index (χ0v) is 13.0. The third-order valence-electron chi connectivity index (χ3n) is 3.31. The lowest BCUT2D eigenvalue weighted by atomic mass is 10.1. The molecule has 1 N–H and O–H groups in total.